The van der Waals surface area contributed by atoms with Crippen molar-refractivity contribution in [2.45, 2.75) is 13.3 Å². The van der Waals surface area contributed by atoms with Crippen molar-refractivity contribution in [2.75, 3.05) is 38.5 Å². The predicted molar refractivity (Wildman–Crippen MR) is 99.4 cm³/mol. The van der Waals surface area contributed by atoms with E-state index in [4.69, 9.17) is 24.5 Å². The number of benzene rings is 1. The zero-order chi connectivity index (χ0) is 21.2. The number of nitrogens with zero attached hydrogens (tertiary/aromatic N) is 2. The van der Waals surface area contributed by atoms with Gasteiger partial charge in [-0.3, -0.25) is 4.79 Å². The van der Waals surface area contributed by atoms with Gasteiger partial charge in [0.15, 0.2) is 6.61 Å². The summed E-state index contributed by atoms with van der Waals surface area (Å²) in [7, 11) is -3.17. The Bertz CT molecular complexity index is 747. The summed E-state index contributed by atoms with van der Waals surface area (Å²) in [5, 5.41) is 14.8. The zero-order valence-corrected chi connectivity index (χ0v) is 16.3. The Hall–Kier alpha value is -2.66. The number of aliphatic carboxylic acids is 2. The summed E-state index contributed by atoms with van der Waals surface area (Å²) in [6.07, 6.45) is 0.604. The number of ether oxygens (including phenoxy) is 1. The number of carbonyl (C=O) groups is 3. The Balaban J connectivity index is 0.000000568. The van der Waals surface area contributed by atoms with Gasteiger partial charge >= 0.3 is 11.9 Å². The number of sulfonamides is 1. The van der Waals surface area contributed by atoms with Crippen LogP contribution >= 0.6 is 0 Å². The smallest absolute Gasteiger partial charge is 0.414 e. The number of carbonyl (C=O) groups excluding carboxylic acids is 1. The normalized spacial score (nSPS) is 14.5. The van der Waals surface area contributed by atoms with E-state index in [1.165, 1.54) is 4.31 Å². The molecular formula is C17H24N2O8S. The van der Waals surface area contributed by atoms with Gasteiger partial charge in [-0.1, -0.05) is 25.1 Å². The Labute approximate surface area is 163 Å². The molecule has 0 radical (unpaired) electrons. The summed E-state index contributed by atoms with van der Waals surface area (Å²) < 4.78 is 30.8. The van der Waals surface area contributed by atoms with Gasteiger partial charge in [-0.2, -0.15) is 4.31 Å². The Morgan fingerprint density at radius 3 is 2.00 bits per heavy atom. The highest BCUT2D eigenvalue weighted by Crippen LogP contribution is 2.11. The molecule has 1 heterocycles. The molecule has 0 aliphatic carbocycles. The summed E-state index contributed by atoms with van der Waals surface area (Å²) >= 11 is 0. The van der Waals surface area contributed by atoms with Crippen molar-refractivity contribution in [3.8, 4) is 5.75 Å². The van der Waals surface area contributed by atoms with E-state index in [1.54, 1.807) is 17.0 Å². The number of amides is 1. The maximum absolute atomic E-state index is 12.1. The third-order valence-corrected chi connectivity index (χ3v) is 5.81. The van der Waals surface area contributed by atoms with Crippen LogP contribution in [0.4, 0.5) is 0 Å². The Morgan fingerprint density at radius 1 is 1.00 bits per heavy atom. The van der Waals surface area contributed by atoms with Crippen LogP contribution in [0.3, 0.4) is 0 Å². The number of piperazine rings is 1. The average Bonchev–Trinajstić information content (AvgIpc) is 2.67. The van der Waals surface area contributed by atoms with E-state index in [-0.39, 0.29) is 18.3 Å². The fraction of sp³-hybridized carbons (Fsp3) is 0.471. The van der Waals surface area contributed by atoms with Gasteiger partial charge in [0, 0.05) is 26.2 Å². The van der Waals surface area contributed by atoms with Gasteiger partial charge in [0.1, 0.15) is 5.75 Å². The zero-order valence-electron chi connectivity index (χ0n) is 15.5. The van der Waals surface area contributed by atoms with E-state index < -0.39 is 22.0 Å². The third kappa shape index (κ3) is 7.92. The van der Waals surface area contributed by atoms with Crippen LogP contribution in [0.15, 0.2) is 30.3 Å². The highest BCUT2D eigenvalue weighted by molar-refractivity contribution is 7.89. The lowest BCUT2D eigenvalue weighted by Crippen LogP contribution is -2.52. The van der Waals surface area contributed by atoms with Crippen LogP contribution in [0, 0.1) is 0 Å². The van der Waals surface area contributed by atoms with Gasteiger partial charge in [0.2, 0.25) is 10.0 Å². The molecule has 1 aromatic carbocycles. The molecule has 1 saturated heterocycles. The van der Waals surface area contributed by atoms with Crippen molar-refractivity contribution in [2.24, 2.45) is 0 Å². The highest BCUT2D eigenvalue weighted by Gasteiger charge is 2.28. The molecule has 2 N–H and O–H groups in total. The topological polar surface area (TPSA) is 142 Å². The maximum Gasteiger partial charge on any atom is 0.414 e. The molecule has 0 saturated carbocycles. The van der Waals surface area contributed by atoms with Crippen LogP contribution in [0.1, 0.15) is 13.3 Å². The summed E-state index contributed by atoms with van der Waals surface area (Å²) in [4.78, 5) is 31.9. The SMILES string of the molecule is CCCS(=O)(=O)N1CCN(C(=O)COc2ccccc2)CC1.O=C(O)C(=O)O. The number of hydrogen-bond donors (Lipinski definition) is 2. The average molecular weight is 416 g/mol. The van der Waals surface area contributed by atoms with Crippen LogP contribution in [-0.2, 0) is 24.4 Å². The third-order valence-electron chi connectivity index (χ3n) is 3.74. The predicted octanol–water partition coefficient (Wildman–Crippen LogP) is 0.105. The quantitative estimate of drug-likeness (QED) is 0.622. The first-order valence-corrected chi connectivity index (χ1v) is 10.2. The Morgan fingerprint density at radius 2 is 1.54 bits per heavy atom. The molecule has 10 nitrogen and oxygen atoms in total. The second-order valence-electron chi connectivity index (χ2n) is 5.81. The van der Waals surface area contributed by atoms with Crippen molar-refractivity contribution in [1.82, 2.24) is 9.21 Å². The number of carboxylic acid groups (broad SMARTS) is 2. The molecule has 0 unspecified atom stereocenters. The van der Waals surface area contributed by atoms with Crippen molar-refractivity contribution < 1.29 is 37.8 Å². The molecule has 1 amide bonds. The molecule has 11 heteroatoms. The van der Waals surface area contributed by atoms with E-state index in [2.05, 4.69) is 0 Å². The van der Waals surface area contributed by atoms with Crippen molar-refractivity contribution in [3.05, 3.63) is 30.3 Å². The number of para-hydroxylation sites is 1. The Kier molecular flexibility index (Phi) is 9.39. The summed E-state index contributed by atoms with van der Waals surface area (Å²) in [5.74, 6) is -2.95. The van der Waals surface area contributed by atoms with E-state index in [0.717, 1.165) is 0 Å². The van der Waals surface area contributed by atoms with E-state index in [1.807, 2.05) is 25.1 Å². The van der Waals surface area contributed by atoms with E-state index in [9.17, 15) is 13.2 Å². The first-order chi connectivity index (χ1) is 13.2. The number of carboxylic acids is 2. The minimum Gasteiger partial charge on any atom is -0.484 e. The highest BCUT2D eigenvalue weighted by atomic mass is 32.2. The van der Waals surface area contributed by atoms with E-state index in [0.29, 0.717) is 38.3 Å². The van der Waals surface area contributed by atoms with Gasteiger partial charge in [-0.15, -0.1) is 0 Å². The van der Waals surface area contributed by atoms with Crippen LogP contribution in [-0.4, -0.2) is 84.2 Å². The first kappa shape index (κ1) is 23.4. The monoisotopic (exact) mass is 416 g/mol. The lowest BCUT2D eigenvalue weighted by molar-refractivity contribution is -0.159. The summed E-state index contributed by atoms with van der Waals surface area (Å²) in [6, 6.07) is 9.16. The molecule has 28 heavy (non-hydrogen) atoms. The number of rotatable bonds is 6. The molecule has 1 aromatic rings. The van der Waals surface area contributed by atoms with Gasteiger partial charge in [0.25, 0.3) is 5.91 Å². The molecule has 2 rings (SSSR count). The minimum atomic E-state index is -3.17. The van der Waals surface area contributed by atoms with Crippen LogP contribution < -0.4 is 4.74 Å². The second-order valence-corrected chi connectivity index (χ2v) is 7.90. The second kappa shape index (κ2) is 11.2. The lowest BCUT2D eigenvalue weighted by Gasteiger charge is -2.33. The van der Waals surface area contributed by atoms with Crippen LogP contribution in [0.5, 0.6) is 5.75 Å². The molecule has 1 fully saturated rings. The van der Waals surface area contributed by atoms with E-state index >= 15 is 0 Å². The molecule has 0 atom stereocenters. The van der Waals surface area contributed by atoms with Gasteiger partial charge in [-0.05, 0) is 18.6 Å². The molecular weight excluding hydrogens is 392 g/mol. The lowest BCUT2D eigenvalue weighted by atomic mass is 10.3. The van der Waals surface area contributed by atoms with Crippen LogP contribution in [0.2, 0.25) is 0 Å². The number of hydrogen-bond acceptors (Lipinski definition) is 6. The van der Waals surface area contributed by atoms with Crippen molar-refractivity contribution in [1.29, 1.82) is 0 Å². The molecule has 1 aliphatic rings. The minimum absolute atomic E-state index is 0.0221. The van der Waals surface area contributed by atoms with Gasteiger partial charge < -0.3 is 19.8 Å². The summed E-state index contributed by atoms with van der Waals surface area (Å²) in [5.41, 5.74) is 0. The standard InChI is InChI=1S/C15H22N2O4S.C2H2O4/c1-2-12-22(19,20)17-10-8-16(9-11-17)15(18)13-21-14-6-4-3-5-7-14;3-1(4)2(5)6/h3-7H,2,8-13H2,1H3;(H,3,4)(H,5,6). The first-order valence-electron chi connectivity index (χ1n) is 8.57. The largest absolute Gasteiger partial charge is 0.484 e. The molecule has 0 spiro atoms. The maximum atomic E-state index is 12.1. The van der Waals surface area contributed by atoms with Crippen LogP contribution in [0.25, 0.3) is 0 Å². The molecule has 0 aromatic heterocycles. The van der Waals surface area contributed by atoms with Crippen molar-refractivity contribution >= 4 is 27.9 Å². The fourth-order valence-corrected chi connectivity index (χ4v) is 3.85. The molecule has 0 bridgehead atoms. The van der Waals surface area contributed by atoms with Gasteiger partial charge in [-0.25, -0.2) is 18.0 Å². The summed E-state index contributed by atoms with van der Waals surface area (Å²) in [6.45, 7) is 3.38. The molecule has 156 valence electrons. The fourth-order valence-electron chi connectivity index (χ4n) is 2.36. The van der Waals surface area contributed by atoms with Gasteiger partial charge in [0.05, 0.1) is 5.75 Å². The van der Waals surface area contributed by atoms with Crippen molar-refractivity contribution in [3.63, 3.8) is 0 Å². The molecule has 1 aliphatic heterocycles.